The number of rotatable bonds is 5. The average Bonchev–Trinajstić information content (AvgIpc) is 2.83. The molecule has 0 spiro atoms. The standard InChI is InChI=1S/C14H16F2N2O3/c1-3-20-13-8-11(14(19)21-4-2)17-18(13)12-6-5-9(15)7-10(12)16/h5-7,13H,3-4,8H2,1-2H3/t13-/m1/s1. The maximum Gasteiger partial charge on any atom is 0.354 e. The van der Waals surface area contributed by atoms with E-state index in [-0.39, 0.29) is 24.4 Å². The summed E-state index contributed by atoms with van der Waals surface area (Å²) >= 11 is 0. The quantitative estimate of drug-likeness (QED) is 0.784. The van der Waals surface area contributed by atoms with E-state index in [1.165, 1.54) is 11.1 Å². The zero-order chi connectivity index (χ0) is 15.4. The van der Waals surface area contributed by atoms with Crippen molar-refractivity contribution in [2.24, 2.45) is 5.10 Å². The maximum absolute atomic E-state index is 13.9. The van der Waals surface area contributed by atoms with Crippen LogP contribution in [0, 0.1) is 11.6 Å². The van der Waals surface area contributed by atoms with Crippen molar-refractivity contribution in [2.75, 3.05) is 18.2 Å². The number of carbonyl (C=O) groups excluding carboxylic acids is 1. The zero-order valence-electron chi connectivity index (χ0n) is 11.8. The van der Waals surface area contributed by atoms with Gasteiger partial charge in [0, 0.05) is 19.1 Å². The van der Waals surface area contributed by atoms with Crippen molar-refractivity contribution < 1.29 is 23.0 Å². The van der Waals surface area contributed by atoms with Gasteiger partial charge in [0.15, 0.2) is 17.8 Å². The van der Waals surface area contributed by atoms with Gasteiger partial charge in [-0.2, -0.15) is 5.10 Å². The highest BCUT2D eigenvalue weighted by molar-refractivity contribution is 6.37. The molecule has 0 saturated heterocycles. The summed E-state index contributed by atoms with van der Waals surface area (Å²) in [4.78, 5) is 11.7. The molecule has 1 atom stereocenters. The number of hydrazone groups is 1. The van der Waals surface area contributed by atoms with Crippen molar-refractivity contribution in [3.05, 3.63) is 29.8 Å². The number of anilines is 1. The van der Waals surface area contributed by atoms with E-state index in [9.17, 15) is 13.6 Å². The zero-order valence-corrected chi connectivity index (χ0v) is 11.8. The first-order valence-corrected chi connectivity index (χ1v) is 6.67. The average molecular weight is 298 g/mol. The number of benzene rings is 1. The highest BCUT2D eigenvalue weighted by Gasteiger charge is 2.33. The molecule has 5 nitrogen and oxygen atoms in total. The molecule has 0 unspecified atom stereocenters. The van der Waals surface area contributed by atoms with E-state index in [2.05, 4.69) is 5.10 Å². The molecule has 1 aliphatic rings. The molecule has 2 rings (SSSR count). The van der Waals surface area contributed by atoms with Crippen molar-refractivity contribution in [3.8, 4) is 0 Å². The van der Waals surface area contributed by atoms with Crippen molar-refractivity contribution in [3.63, 3.8) is 0 Å². The van der Waals surface area contributed by atoms with Gasteiger partial charge in [0.25, 0.3) is 0 Å². The highest BCUT2D eigenvalue weighted by Crippen LogP contribution is 2.28. The maximum atomic E-state index is 13.9. The van der Waals surface area contributed by atoms with Gasteiger partial charge in [-0.25, -0.2) is 18.6 Å². The van der Waals surface area contributed by atoms with Crippen molar-refractivity contribution in [1.82, 2.24) is 0 Å². The van der Waals surface area contributed by atoms with Crippen LogP contribution < -0.4 is 5.01 Å². The number of halogens is 2. The SMILES string of the molecule is CCOC(=O)C1=NN(c2ccc(F)cc2F)[C@H](OCC)C1. The first-order valence-electron chi connectivity index (χ1n) is 6.67. The molecular weight excluding hydrogens is 282 g/mol. The van der Waals surface area contributed by atoms with Crippen LogP contribution in [0.1, 0.15) is 20.3 Å². The second-order valence-electron chi connectivity index (χ2n) is 4.32. The Labute approximate surface area is 121 Å². The first kappa shape index (κ1) is 15.4. The molecule has 114 valence electrons. The molecule has 1 aliphatic heterocycles. The lowest BCUT2D eigenvalue weighted by Crippen LogP contribution is -2.30. The van der Waals surface area contributed by atoms with Gasteiger partial charge in [-0.1, -0.05) is 0 Å². The second kappa shape index (κ2) is 6.62. The monoisotopic (exact) mass is 298 g/mol. The lowest BCUT2D eigenvalue weighted by molar-refractivity contribution is -0.135. The Hall–Kier alpha value is -2.02. The number of esters is 1. The molecule has 0 radical (unpaired) electrons. The third kappa shape index (κ3) is 3.36. The van der Waals surface area contributed by atoms with Crippen LogP contribution >= 0.6 is 0 Å². The van der Waals surface area contributed by atoms with Gasteiger partial charge >= 0.3 is 5.97 Å². The fourth-order valence-corrected chi connectivity index (χ4v) is 2.02. The van der Waals surface area contributed by atoms with Gasteiger partial charge in [0.2, 0.25) is 0 Å². The molecule has 0 aromatic heterocycles. The Morgan fingerprint density at radius 1 is 1.38 bits per heavy atom. The van der Waals surface area contributed by atoms with E-state index in [1.54, 1.807) is 13.8 Å². The third-order valence-electron chi connectivity index (χ3n) is 2.90. The molecular formula is C14H16F2N2O3. The number of nitrogens with zero attached hydrogens (tertiary/aromatic N) is 2. The minimum atomic E-state index is -0.770. The molecule has 1 aromatic rings. The lowest BCUT2D eigenvalue weighted by Gasteiger charge is -2.23. The number of hydrogen-bond donors (Lipinski definition) is 0. The van der Waals surface area contributed by atoms with Crippen LogP contribution in [0.4, 0.5) is 14.5 Å². The third-order valence-corrected chi connectivity index (χ3v) is 2.90. The van der Waals surface area contributed by atoms with Crippen LogP contribution in [0.3, 0.4) is 0 Å². The molecule has 1 heterocycles. The topological polar surface area (TPSA) is 51.1 Å². The fraction of sp³-hybridized carbons (Fsp3) is 0.429. The largest absolute Gasteiger partial charge is 0.461 e. The Balaban J connectivity index is 2.30. The Morgan fingerprint density at radius 3 is 2.76 bits per heavy atom. The summed E-state index contributed by atoms with van der Waals surface area (Å²) < 4.78 is 37.2. The summed E-state index contributed by atoms with van der Waals surface area (Å²) in [6.07, 6.45) is -0.432. The Bertz CT molecular complexity index is 563. The predicted octanol–water partition coefficient (Wildman–Crippen LogP) is 2.46. The molecule has 0 fully saturated rings. The number of carbonyl (C=O) groups is 1. The van der Waals surface area contributed by atoms with Gasteiger partial charge in [-0.3, -0.25) is 0 Å². The second-order valence-corrected chi connectivity index (χ2v) is 4.32. The highest BCUT2D eigenvalue weighted by atomic mass is 19.1. The minimum Gasteiger partial charge on any atom is -0.461 e. The van der Waals surface area contributed by atoms with Crippen LogP contribution in [-0.4, -0.2) is 31.1 Å². The summed E-state index contributed by atoms with van der Waals surface area (Å²) in [6, 6.07) is 3.14. The fourth-order valence-electron chi connectivity index (χ4n) is 2.02. The molecule has 21 heavy (non-hydrogen) atoms. The Kier molecular flexibility index (Phi) is 4.85. The molecule has 0 saturated carbocycles. The summed E-state index contributed by atoms with van der Waals surface area (Å²) in [7, 11) is 0. The van der Waals surface area contributed by atoms with Crippen molar-refractivity contribution in [2.45, 2.75) is 26.5 Å². The van der Waals surface area contributed by atoms with Crippen LogP contribution in [0.2, 0.25) is 0 Å². The van der Waals surface area contributed by atoms with Gasteiger partial charge < -0.3 is 9.47 Å². The molecule has 0 aliphatic carbocycles. The van der Waals surface area contributed by atoms with Gasteiger partial charge in [-0.15, -0.1) is 0 Å². The van der Waals surface area contributed by atoms with Gasteiger partial charge in [0.1, 0.15) is 5.82 Å². The minimum absolute atomic E-state index is 0.0501. The molecule has 1 aromatic carbocycles. The van der Waals surface area contributed by atoms with E-state index in [0.29, 0.717) is 6.61 Å². The van der Waals surface area contributed by atoms with Gasteiger partial charge in [0.05, 0.1) is 12.3 Å². The molecule has 7 heteroatoms. The summed E-state index contributed by atoms with van der Waals surface area (Å²) in [5.74, 6) is -2.02. The molecule has 0 N–H and O–H groups in total. The molecule has 0 amide bonds. The number of ether oxygens (including phenoxy) is 2. The van der Waals surface area contributed by atoms with E-state index >= 15 is 0 Å². The van der Waals surface area contributed by atoms with E-state index in [0.717, 1.165) is 12.1 Å². The molecule has 0 bridgehead atoms. The summed E-state index contributed by atoms with van der Waals surface area (Å²) in [5.41, 5.74) is 0.202. The van der Waals surface area contributed by atoms with Gasteiger partial charge in [-0.05, 0) is 26.0 Å². The van der Waals surface area contributed by atoms with E-state index < -0.39 is 23.8 Å². The first-order chi connectivity index (χ1) is 10.1. The van der Waals surface area contributed by atoms with E-state index in [4.69, 9.17) is 9.47 Å². The van der Waals surface area contributed by atoms with Crippen LogP contribution in [0.5, 0.6) is 0 Å². The van der Waals surface area contributed by atoms with Crippen LogP contribution in [0.25, 0.3) is 0 Å². The van der Waals surface area contributed by atoms with Crippen LogP contribution in [-0.2, 0) is 14.3 Å². The lowest BCUT2D eigenvalue weighted by atomic mass is 10.2. The smallest absolute Gasteiger partial charge is 0.354 e. The normalized spacial score (nSPS) is 17.8. The van der Waals surface area contributed by atoms with Crippen molar-refractivity contribution >= 4 is 17.4 Å². The van der Waals surface area contributed by atoms with E-state index in [1.807, 2.05) is 0 Å². The predicted molar refractivity (Wildman–Crippen MR) is 72.9 cm³/mol. The Morgan fingerprint density at radius 2 is 2.14 bits per heavy atom. The summed E-state index contributed by atoms with van der Waals surface area (Å²) in [6.45, 7) is 4.06. The van der Waals surface area contributed by atoms with Crippen LogP contribution in [0.15, 0.2) is 23.3 Å². The van der Waals surface area contributed by atoms with Crippen molar-refractivity contribution in [1.29, 1.82) is 0 Å². The number of hydrogen-bond acceptors (Lipinski definition) is 5. The summed E-state index contributed by atoms with van der Waals surface area (Å²) in [5, 5.41) is 5.30.